The number of carbonyl (C=O) groups excluding carboxylic acids is 1. The van der Waals surface area contributed by atoms with Gasteiger partial charge in [-0.1, -0.05) is 30.7 Å². The molecule has 4 heterocycles. The third-order valence-corrected chi connectivity index (χ3v) is 15.6. The SMILES string of the molecule is CO[C@@]1(CN2CCNCC2)C2=C[C@@H](C2)[C@H](C)[C@@H](C)S(=O)(=O)NC(=O)c2ccc3c(c2)N(C[C@@H]2CC[C@H]21)C[C@@]1(CCCc2c1ccc(Cl)c2F)CO3. The van der Waals surface area contributed by atoms with Crippen LogP contribution in [0.15, 0.2) is 42.0 Å². The van der Waals surface area contributed by atoms with E-state index in [2.05, 4.69) is 25.9 Å². The van der Waals surface area contributed by atoms with Gasteiger partial charge in [-0.05, 0) is 110 Å². The number of hydrogen-bond acceptors (Lipinski definition) is 8. The lowest BCUT2D eigenvalue weighted by atomic mass is 9.58. The Labute approximate surface area is 306 Å². The molecule has 0 unspecified atom stereocenters. The summed E-state index contributed by atoms with van der Waals surface area (Å²) >= 11 is 6.29. The summed E-state index contributed by atoms with van der Waals surface area (Å²) in [7, 11) is -2.13. The standard InChI is InChI=1S/C39H50ClFN4O5S/c1-24-25(2)51(47,48)43-37(46)26-7-11-35-34(19-26)45(21-38(23-50-35)12-4-5-30-32(38)9-10-33(40)36(30)41)20-27-6-8-31(27)39(49-3,29-17-28(24)18-29)22-44-15-13-42-14-16-44/h7,9-11,17,19,24-25,27-28,31,42H,4-6,8,12-16,18,20-23H2,1-3H3,(H,43,46)/t24-,25-,27+,28+,31-,38+,39+/m1/s1. The number of ether oxygens (including phenoxy) is 2. The molecule has 9 nitrogen and oxygen atoms in total. The van der Waals surface area contributed by atoms with Crippen molar-refractivity contribution in [2.45, 2.75) is 68.6 Å². The first kappa shape index (κ1) is 35.3. The smallest absolute Gasteiger partial charge is 0.264 e. The van der Waals surface area contributed by atoms with Crippen molar-refractivity contribution in [1.82, 2.24) is 14.9 Å². The van der Waals surface area contributed by atoms with Gasteiger partial charge in [-0.3, -0.25) is 9.69 Å². The van der Waals surface area contributed by atoms with Crippen LogP contribution in [0, 0.1) is 29.5 Å². The van der Waals surface area contributed by atoms with Crippen LogP contribution in [0.4, 0.5) is 10.1 Å². The monoisotopic (exact) mass is 740 g/mol. The summed E-state index contributed by atoms with van der Waals surface area (Å²) in [4.78, 5) is 18.5. The van der Waals surface area contributed by atoms with E-state index in [1.807, 2.05) is 20.1 Å². The molecular weight excluding hydrogens is 691 g/mol. The second-order valence-corrected chi connectivity index (χ2v) is 18.5. The number of fused-ring (bicyclic) bond motifs is 6. The highest BCUT2D eigenvalue weighted by atomic mass is 35.5. The number of benzene rings is 2. The van der Waals surface area contributed by atoms with E-state index in [4.69, 9.17) is 21.1 Å². The molecule has 7 atom stereocenters. The molecule has 0 radical (unpaired) electrons. The van der Waals surface area contributed by atoms with Gasteiger partial charge in [-0.15, -0.1) is 0 Å². The van der Waals surface area contributed by atoms with Crippen molar-refractivity contribution in [2.24, 2.45) is 23.7 Å². The Bertz CT molecular complexity index is 1850. The minimum absolute atomic E-state index is 0.0689. The normalized spacial score (nSPS) is 34.8. The Morgan fingerprint density at radius 3 is 2.65 bits per heavy atom. The van der Waals surface area contributed by atoms with Crippen molar-refractivity contribution in [3.05, 3.63) is 69.5 Å². The first-order chi connectivity index (χ1) is 24.4. The minimum Gasteiger partial charge on any atom is -0.490 e. The van der Waals surface area contributed by atoms with Crippen LogP contribution >= 0.6 is 11.6 Å². The van der Waals surface area contributed by atoms with Crippen LogP contribution in [0.25, 0.3) is 0 Å². The van der Waals surface area contributed by atoms with Gasteiger partial charge >= 0.3 is 0 Å². The Hall–Kier alpha value is -2.70. The van der Waals surface area contributed by atoms with Gasteiger partial charge in [0.25, 0.3) is 5.91 Å². The zero-order chi connectivity index (χ0) is 35.7. The highest BCUT2D eigenvalue weighted by Crippen LogP contribution is 2.54. The lowest BCUT2D eigenvalue weighted by Gasteiger charge is -2.56. The zero-order valence-electron chi connectivity index (χ0n) is 29.9. The number of sulfonamides is 1. The van der Waals surface area contributed by atoms with Crippen molar-refractivity contribution in [2.75, 3.05) is 64.4 Å². The van der Waals surface area contributed by atoms with Gasteiger partial charge in [-0.25, -0.2) is 17.5 Å². The quantitative estimate of drug-likeness (QED) is 0.409. The summed E-state index contributed by atoms with van der Waals surface area (Å²) in [6.45, 7) is 9.88. The van der Waals surface area contributed by atoms with Crippen molar-refractivity contribution in [3.8, 4) is 5.75 Å². The Morgan fingerprint density at radius 1 is 1.14 bits per heavy atom. The number of piperazine rings is 1. The second-order valence-electron chi connectivity index (χ2n) is 16.0. The Balaban J connectivity index is 1.24. The molecule has 1 spiro atoms. The van der Waals surface area contributed by atoms with E-state index in [0.29, 0.717) is 43.3 Å². The topological polar surface area (TPSA) is 100 Å². The van der Waals surface area contributed by atoms with Crippen LogP contribution in [-0.4, -0.2) is 89.6 Å². The number of rotatable bonds is 3. The second kappa shape index (κ2) is 13.3. The highest BCUT2D eigenvalue weighted by Gasteiger charge is 2.55. The van der Waals surface area contributed by atoms with Crippen molar-refractivity contribution in [3.63, 3.8) is 0 Å². The number of hydrogen-bond donors (Lipinski definition) is 2. The molecule has 1 saturated carbocycles. The number of methoxy groups -OCH3 is 1. The maximum atomic E-state index is 15.5. The Morgan fingerprint density at radius 2 is 1.92 bits per heavy atom. The first-order valence-corrected chi connectivity index (χ1v) is 20.6. The van der Waals surface area contributed by atoms with Crippen LogP contribution in [-0.2, 0) is 26.6 Å². The average Bonchev–Trinajstić information content (AvgIpc) is 3.23. The van der Waals surface area contributed by atoms with E-state index in [9.17, 15) is 13.2 Å². The van der Waals surface area contributed by atoms with E-state index in [1.165, 1.54) is 5.57 Å². The lowest BCUT2D eigenvalue weighted by molar-refractivity contribution is -0.106. The van der Waals surface area contributed by atoms with Crippen LogP contribution in [0.2, 0.25) is 5.02 Å². The van der Waals surface area contributed by atoms with Gasteiger partial charge in [0.2, 0.25) is 10.0 Å². The van der Waals surface area contributed by atoms with Gasteiger partial charge in [-0.2, -0.15) is 0 Å². The molecule has 9 rings (SSSR count). The maximum absolute atomic E-state index is 15.5. The number of anilines is 1. The molecule has 4 bridgehead atoms. The van der Waals surface area contributed by atoms with Crippen LogP contribution in [0.5, 0.6) is 5.75 Å². The third-order valence-electron chi connectivity index (χ3n) is 13.5. The molecule has 1 amide bonds. The van der Waals surface area contributed by atoms with Crippen LogP contribution in [0.1, 0.15) is 67.4 Å². The summed E-state index contributed by atoms with van der Waals surface area (Å²) in [6, 6.07) is 8.83. The summed E-state index contributed by atoms with van der Waals surface area (Å²) in [5, 5.41) is 2.84. The number of nitrogens with one attached hydrogen (secondary N) is 2. The maximum Gasteiger partial charge on any atom is 0.264 e. The molecule has 2 aromatic rings. The summed E-state index contributed by atoms with van der Waals surface area (Å²) in [5.74, 6) is 0.0542. The average molecular weight is 741 g/mol. The zero-order valence-corrected chi connectivity index (χ0v) is 31.4. The molecule has 276 valence electrons. The largest absolute Gasteiger partial charge is 0.490 e. The molecule has 51 heavy (non-hydrogen) atoms. The minimum atomic E-state index is -3.98. The van der Waals surface area contributed by atoms with E-state index in [1.54, 1.807) is 31.2 Å². The molecule has 0 aromatic heterocycles. The molecule has 12 heteroatoms. The number of nitrogens with zero attached hydrogens (tertiary/aromatic N) is 2. The van der Waals surface area contributed by atoms with E-state index in [-0.39, 0.29) is 34.2 Å². The number of allylic oxidation sites excluding steroid dienone is 1. The molecule has 1 saturated heterocycles. The molecule has 4 aliphatic heterocycles. The van der Waals surface area contributed by atoms with Crippen molar-refractivity contribution in [1.29, 1.82) is 0 Å². The van der Waals surface area contributed by atoms with Gasteiger partial charge in [0.1, 0.15) is 17.2 Å². The van der Waals surface area contributed by atoms with Gasteiger partial charge in [0, 0.05) is 63.9 Å². The van der Waals surface area contributed by atoms with Gasteiger partial charge < -0.3 is 19.7 Å². The molecule has 2 N–H and O–H groups in total. The fourth-order valence-electron chi connectivity index (χ4n) is 10.0. The predicted octanol–water partition coefficient (Wildman–Crippen LogP) is 5.31. The number of carbonyl (C=O) groups is 1. The first-order valence-electron chi connectivity index (χ1n) is 18.7. The molecule has 2 aromatic carbocycles. The highest BCUT2D eigenvalue weighted by molar-refractivity contribution is 7.90. The third kappa shape index (κ3) is 5.99. The summed E-state index contributed by atoms with van der Waals surface area (Å²) in [5.41, 5.74) is 2.88. The van der Waals surface area contributed by atoms with Gasteiger partial charge in [0.05, 0.1) is 22.6 Å². The van der Waals surface area contributed by atoms with Crippen molar-refractivity contribution >= 4 is 33.2 Å². The fourth-order valence-corrected chi connectivity index (χ4v) is 11.5. The lowest BCUT2D eigenvalue weighted by Crippen LogP contribution is -2.61. The van der Waals surface area contributed by atoms with E-state index >= 15 is 4.39 Å². The predicted molar refractivity (Wildman–Crippen MR) is 197 cm³/mol. The molecular formula is C39H50ClFN4O5S. The van der Waals surface area contributed by atoms with Crippen molar-refractivity contribution < 1.29 is 27.1 Å². The van der Waals surface area contributed by atoms with Crippen LogP contribution < -0.4 is 19.7 Å². The van der Waals surface area contributed by atoms with E-state index in [0.717, 1.165) is 76.1 Å². The molecule has 2 fully saturated rings. The van der Waals surface area contributed by atoms with Crippen LogP contribution in [0.3, 0.4) is 0 Å². The molecule has 7 aliphatic rings. The van der Waals surface area contributed by atoms with Gasteiger partial charge in [0.15, 0.2) is 0 Å². The fraction of sp³-hybridized carbons (Fsp3) is 0.615. The Kier molecular flexibility index (Phi) is 9.22. The van der Waals surface area contributed by atoms with E-state index < -0.39 is 32.2 Å². The summed E-state index contributed by atoms with van der Waals surface area (Å²) < 4.78 is 58.7. The summed E-state index contributed by atoms with van der Waals surface area (Å²) in [6.07, 6.45) is 7.37. The number of amides is 1. The molecule has 3 aliphatic carbocycles. The number of halogens is 2.